The average Bonchev–Trinajstić information content (AvgIpc) is 2.87. The molecule has 0 spiro atoms. The van der Waals surface area contributed by atoms with E-state index in [1.807, 2.05) is 18.2 Å². The normalized spacial score (nSPS) is 18.3. The number of carboxylic acids is 3. The lowest BCUT2D eigenvalue weighted by atomic mass is 10.1. The van der Waals surface area contributed by atoms with Crippen LogP contribution in [0.3, 0.4) is 0 Å². The predicted octanol–water partition coefficient (Wildman–Crippen LogP) is -0.613. The first-order chi connectivity index (χ1) is 18.6. The van der Waals surface area contributed by atoms with Crippen LogP contribution in [0.4, 0.5) is 0 Å². The standard InChI is InChI=1S/C27H45N5O7/c1-2-28(9-8-23-6-4-3-5-7-23)18-24(33)19-29-10-12-30(20-25(34)35)14-16-32(22-27(38)39)17-15-31(13-11-29)21-26(36)37/h3-7,24,33H,2,8-22H2,1H3,(H,34,35)(H,36,37)(H,38,39). The first-order valence-corrected chi connectivity index (χ1v) is 13.6. The van der Waals surface area contributed by atoms with Crippen molar-refractivity contribution in [1.29, 1.82) is 0 Å². The number of β-amino-alcohol motifs (C(OH)–C–C–N with tert-alkyl or cyclic N) is 1. The van der Waals surface area contributed by atoms with E-state index in [4.69, 9.17) is 0 Å². The van der Waals surface area contributed by atoms with Gasteiger partial charge in [0, 0.05) is 72.0 Å². The Labute approximate surface area is 231 Å². The number of hydrogen-bond acceptors (Lipinski definition) is 9. The Kier molecular flexibility index (Phi) is 14.9. The van der Waals surface area contributed by atoms with Crippen LogP contribution < -0.4 is 0 Å². The molecule has 1 atom stereocenters. The van der Waals surface area contributed by atoms with Crippen molar-refractivity contribution < 1.29 is 34.8 Å². The summed E-state index contributed by atoms with van der Waals surface area (Å²) in [5.74, 6) is -2.90. The zero-order chi connectivity index (χ0) is 28.6. The minimum atomic E-state index is -0.985. The zero-order valence-electron chi connectivity index (χ0n) is 23.0. The fraction of sp³-hybridized carbons (Fsp3) is 0.667. The Balaban J connectivity index is 2.05. The maximum Gasteiger partial charge on any atom is 0.317 e. The van der Waals surface area contributed by atoms with Crippen LogP contribution in [0.1, 0.15) is 12.5 Å². The summed E-state index contributed by atoms with van der Waals surface area (Å²) in [5.41, 5.74) is 1.24. The van der Waals surface area contributed by atoms with Crippen molar-refractivity contribution in [2.24, 2.45) is 0 Å². The molecule has 1 unspecified atom stereocenters. The molecule has 39 heavy (non-hydrogen) atoms. The summed E-state index contributed by atoms with van der Waals surface area (Å²) in [7, 11) is 0. The summed E-state index contributed by atoms with van der Waals surface area (Å²) in [4.78, 5) is 43.8. The topological polar surface area (TPSA) is 148 Å². The fourth-order valence-electron chi connectivity index (χ4n) is 4.77. The van der Waals surface area contributed by atoms with Crippen LogP contribution >= 0.6 is 0 Å². The number of aliphatic carboxylic acids is 3. The first kappa shape index (κ1) is 32.6. The molecule has 220 valence electrons. The van der Waals surface area contributed by atoms with E-state index >= 15 is 0 Å². The minimum absolute atomic E-state index is 0.161. The van der Waals surface area contributed by atoms with Crippen molar-refractivity contribution in [3.63, 3.8) is 0 Å². The Morgan fingerprint density at radius 2 is 1.15 bits per heavy atom. The Bertz CT molecular complexity index is 843. The smallest absolute Gasteiger partial charge is 0.317 e. The molecule has 1 aromatic carbocycles. The van der Waals surface area contributed by atoms with Gasteiger partial charge in [-0.2, -0.15) is 0 Å². The van der Waals surface area contributed by atoms with Crippen LogP contribution in [0.5, 0.6) is 0 Å². The van der Waals surface area contributed by atoms with Crippen LogP contribution in [-0.2, 0) is 20.8 Å². The quantitative estimate of drug-likeness (QED) is 0.234. The molecule has 0 aromatic heterocycles. The van der Waals surface area contributed by atoms with Gasteiger partial charge in [-0.05, 0) is 18.5 Å². The van der Waals surface area contributed by atoms with Gasteiger partial charge in [0.05, 0.1) is 25.7 Å². The van der Waals surface area contributed by atoms with E-state index in [9.17, 15) is 34.8 Å². The summed E-state index contributed by atoms with van der Waals surface area (Å²) in [6.45, 7) is 7.39. The third kappa shape index (κ3) is 14.4. The molecule has 1 fully saturated rings. The Hall–Kier alpha value is -2.61. The molecule has 2 rings (SSSR count). The SMILES string of the molecule is CCN(CCc1ccccc1)CC(O)CN1CCN(CC(=O)O)CCN(CC(=O)O)CCN(CC(=O)O)CC1. The van der Waals surface area contributed by atoms with Crippen molar-refractivity contribution in [1.82, 2.24) is 24.5 Å². The number of aliphatic hydroxyl groups is 1. The van der Waals surface area contributed by atoms with Gasteiger partial charge >= 0.3 is 17.9 Å². The van der Waals surface area contributed by atoms with Crippen LogP contribution in [-0.4, -0.2) is 167 Å². The molecule has 1 aromatic rings. The van der Waals surface area contributed by atoms with Crippen molar-refractivity contribution in [2.75, 3.05) is 98.2 Å². The summed E-state index contributed by atoms with van der Waals surface area (Å²) in [6.07, 6.45) is 0.263. The second kappa shape index (κ2) is 17.9. The molecule has 1 aliphatic rings. The molecule has 0 amide bonds. The zero-order valence-corrected chi connectivity index (χ0v) is 23.0. The summed E-state index contributed by atoms with van der Waals surface area (Å²) >= 11 is 0. The maximum absolute atomic E-state index is 11.5. The lowest BCUT2D eigenvalue weighted by Crippen LogP contribution is -2.50. The van der Waals surface area contributed by atoms with Crippen LogP contribution in [0.2, 0.25) is 0 Å². The number of carboxylic acid groups (broad SMARTS) is 3. The number of benzene rings is 1. The molecule has 1 aliphatic heterocycles. The van der Waals surface area contributed by atoms with Gasteiger partial charge in [-0.3, -0.25) is 34.0 Å². The number of rotatable bonds is 14. The van der Waals surface area contributed by atoms with Gasteiger partial charge in [0.2, 0.25) is 0 Å². The lowest BCUT2D eigenvalue weighted by molar-refractivity contribution is -0.140. The third-order valence-electron chi connectivity index (χ3n) is 6.95. The van der Waals surface area contributed by atoms with E-state index < -0.39 is 24.0 Å². The summed E-state index contributed by atoms with van der Waals surface area (Å²) < 4.78 is 0. The van der Waals surface area contributed by atoms with E-state index in [1.54, 1.807) is 14.7 Å². The molecule has 0 aliphatic carbocycles. The number of likely N-dealkylation sites (N-methyl/N-ethyl adjacent to an activating group) is 1. The molecule has 0 saturated carbocycles. The van der Waals surface area contributed by atoms with Crippen molar-refractivity contribution in [3.8, 4) is 0 Å². The second-order valence-electron chi connectivity index (χ2n) is 10.1. The highest BCUT2D eigenvalue weighted by atomic mass is 16.4. The van der Waals surface area contributed by atoms with Gasteiger partial charge in [0.1, 0.15) is 0 Å². The fourth-order valence-corrected chi connectivity index (χ4v) is 4.77. The van der Waals surface area contributed by atoms with Crippen molar-refractivity contribution >= 4 is 17.9 Å². The molecular formula is C27H45N5O7. The highest BCUT2D eigenvalue weighted by Crippen LogP contribution is 2.05. The molecule has 12 nitrogen and oxygen atoms in total. The molecule has 1 saturated heterocycles. The summed E-state index contributed by atoms with van der Waals surface area (Å²) in [6, 6.07) is 10.2. The monoisotopic (exact) mass is 551 g/mol. The largest absolute Gasteiger partial charge is 0.480 e. The van der Waals surface area contributed by atoms with Crippen LogP contribution in [0.25, 0.3) is 0 Å². The van der Waals surface area contributed by atoms with Gasteiger partial charge in [-0.1, -0.05) is 37.3 Å². The number of aliphatic hydroxyl groups excluding tert-OH is 1. The van der Waals surface area contributed by atoms with Crippen LogP contribution in [0.15, 0.2) is 30.3 Å². The lowest BCUT2D eigenvalue weighted by Gasteiger charge is -2.34. The summed E-state index contributed by atoms with van der Waals surface area (Å²) in [5, 5.41) is 39.0. The highest BCUT2D eigenvalue weighted by molar-refractivity contribution is 5.69. The van der Waals surface area contributed by atoms with Crippen molar-refractivity contribution in [2.45, 2.75) is 19.4 Å². The molecular weight excluding hydrogens is 506 g/mol. The number of hydrogen-bond donors (Lipinski definition) is 4. The predicted molar refractivity (Wildman–Crippen MR) is 147 cm³/mol. The van der Waals surface area contributed by atoms with Gasteiger partial charge in [-0.15, -0.1) is 0 Å². The second-order valence-corrected chi connectivity index (χ2v) is 10.1. The Morgan fingerprint density at radius 3 is 1.54 bits per heavy atom. The molecule has 0 bridgehead atoms. The van der Waals surface area contributed by atoms with E-state index in [-0.39, 0.29) is 19.6 Å². The van der Waals surface area contributed by atoms with Gasteiger partial charge in [-0.25, -0.2) is 0 Å². The number of carbonyl (C=O) groups is 3. The highest BCUT2D eigenvalue weighted by Gasteiger charge is 2.22. The molecule has 12 heteroatoms. The number of nitrogens with zero attached hydrogens (tertiary/aromatic N) is 5. The minimum Gasteiger partial charge on any atom is -0.480 e. The van der Waals surface area contributed by atoms with E-state index in [0.29, 0.717) is 65.4 Å². The van der Waals surface area contributed by atoms with E-state index in [2.05, 4.69) is 28.9 Å². The van der Waals surface area contributed by atoms with E-state index in [1.165, 1.54) is 5.56 Å². The van der Waals surface area contributed by atoms with E-state index in [0.717, 1.165) is 19.5 Å². The molecule has 1 heterocycles. The Morgan fingerprint density at radius 1 is 0.744 bits per heavy atom. The van der Waals surface area contributed by atoms with Crippen LogP contribution in [0, 0.1) is 0 Å². The van der Waals surface area contributed by atoms with Gasteiger partial charge in [0.25, 0.3) is 0 Å². The van der Waals surface area contributed by atoms with Gasteiger partial charge < -0.3 is 25.3 Å². The van der Waals surface area contributed by atoms with Gasteiger partial charge in [0.15, 0.2) is 0 Å². The average molecular weight is 552 g/mol. The molecule has 0 radical (unpaired) electrons. The first-order valence-electron chi connectivity index (χ1n) is 13.6. The molecule has 4 N–H and O–H groups in total. The maximum atomic E-state index is 11.5. The third-order valence-corrected chi connectivity index (χ3v) is 6.95. The van der Waals surface area contributed by atoms with Crippen molar-refractivity contribution in [3.05, 3.63) is 35.9 Å².